The van der Waals surface area contributed by atoms with Gasteiger partial charge < -0.3 is 0 Å². The van der Waals surface area contributed by atoms with Gasteiger partial charge in [-0.15, -0.1) is 0 Å². The minimum atomic E-state index is -0.104. The maximum atomic E-state index is 11.3. The fourth-order valence-electron chi connectivity index (χ4n) is 1.17. The molecule has 0 N–H and O–H groups in total. The van der Waals surface area contributed by atoms with Crippen molar-refractivity contribution in [2.45, 2.75) is 53.4 Å². The molecule has 0 amide bonds. The van der Waals surface area contributed by atoms with Crippen LogP contribution in [0.5, 0.6) is 0 Å². The highest BCUT2D eigenvalue weighted by Crippen LogP contribution is 2.03. The number of hydrogen-bond donors (Lipinski definition) is 0. The van der Waals surface area contributed by atoms with Crippen molar-refractivity contribution in [2.75, 3.05) is 0 Å². The highest BCUT2D eigenvalue weighted by Gasteiger charge is 2.00. The van der Waals surface area contributed by atoms with Crippen molar-refractivity contribution in [3.05, 3.63) is 0 Å². The van der Waals surface area contributed by atoms with Crippen molar-refractivity contribution < 1.29 is 9.59 Å². The Kier molecular flexibility index (Phi) is 8.67. The van der Waals surface area contributed by atoms with Crippen LogP contribution in [0.3, 0.4) is 0 Å². The summed E-state index contributed by atoms with van der Waals surface area (Å²) in [5.41, 5.74) is 0. The number of carbonyl (C=O) groups is 2. The molecule has 0 radical (unpaired) electrons. The molecule has 2 heteroatoms. The van der Waals surface area contributed by atoms with E-state index in [1.165, 1.54) is 0 Å². The summed E-state index contributed by atoms with van der Waals surface area (Å²) in [4.78, 5) is 22.6. The third kappa shape index (κ3) is 11.0. The average molecular weight is 246 g/mol. The lowest BCUT2D eigenvalue weighted by atomic mass is 10.1. The van der Waals surface area contributed by atoms with Crippen molar-refractivity contribution in [2.24, 2.45) is 11.8 Å². The minimum absolute atomic E-state index is 0.104. The first-order valence-corrected chi connectivity index (χ1v) is 6.49. The summed E-state index contributed by atoms with van der Waals surface area (Å²) in [6.07, 6.45) is 2.61. The molecule has 0 aliphatic heterocycles. The zero-order valence-electron chi connectivity index (χ0n) is 11.8. The van der Waals surface area contributed by atoms with Gasteiger partial charge >= 0.3 is 0 Å². The highest BCUT2D eigenvalue weighted by molar-refractivity contribution is 5.98. The van der Waals surface area contributed by atoms with Crippen LogP contribution >= 0.6 is 0 Å². The molecule has 0 aromatic heterocycles. The number of ketones is 2. The second-order valence-electron chi connectivity index (χ2n) is 5.21. The summed E-state index contributed by atoms with van der Waals surface area (Å²) in [6, 6.07) is 0. The van der Waals surface area contributed by atoms with E-state index in [9.17, 15) is 9.59 Å². The van der Waals surface area contributed by atoms with Crippen LogP contribution < -0.4 is 0 Å². The molecule has 0 fully saturated rings. The van der Waals surface area contributed by atoms with Gasteiger partial charge in [-0.2, -0.15) is 0 Å². The van der Waals surface area contributed by atoms with Crippen LogP contribution in [0.25, 0.3) is 0 Å². The van der Waals surface area contributed by atoms with Gasteiger partial charge in [0.25, 0.3) is 0 Å². The monoisotopic (exact) mass is 246 g/mol. The first kappa shape index (κ1) is 16.5. The van der Waals surface area contributed by atoms with Crippen LogP contribution in [0.1, 0.15) is 53.4 Å². The van der Waals surface area contributed by atoms with Gasteiger partial charge in [0, 0.05) is 12.8 Å². The number of carbonyl (C=O) groups excluding carboxylic acids is 2. The molecule has 2 nitrogen and oxygen atoms in total. The Labute approximate surface area is 111 Å². The summed E-state index contributed by atoms with van der Waals surface area (Å²) in [5.74, 6) is 10.6. The Morgan fingerprint density at radius 3 is 1.39 bits per heavy atom. The van der Waals surface area contributed by atoms with Crippen LogP contribution in [0.2, 0.25) is 0 Å². The molecule has 98 valence electrons. The maximum absolute atomic E-state index is 11.3. The molecule has 0 aromatic rings. The quantitative estimate of drug-likeness (QED) is 0.533. The Bertz CT molecular complexity index is 354. The van der Waals surface area contributed by atoms with E-state index in [-0.39, 0.29) is 11.6 Å². The molecule has 18 heavy (non-hydrogen) atoms. The number of Topliss-reactive ketones (excluding diaryl/α,β-unsaturated/α-hetero) is 2. The molecule has 0 atom stereocenters. The van der Waals surface area contributed by atoms with Gasteiger partial charge in [0.1, 0.15) is 0 Å². The van der Waals surface area contributed by atoms with E-state index < -0.39 is 0 Å². The Morgan fingerprint density at radius 1 is 0.778 bits per heavy atom. The zero-order chi connectivity index (χ0) is 14.0. The van der Waals surface area contributed by atoms with E-state index in [1.54, 1.807) is 0 Å². The predicted octanol–water partition coefficient (Wildman–Crippen LogP) is 3.00. The normalized spacial score (nSPS) is 9.44. The Hall–Kier alpha value is -1.54. The van der Waals surface area contributed by atoms with Crippen LogP contribution in [-0.4, -0.2) is 11.6 Å². The summed E-state index contributed by atoms with van der Waals surface area (Å²) in [6.45, 7) is 8.25. The molecule has 0 saturated carbocycles. The summed E-state index contributed by atoms with van der Waals surface area (Å²) in [5, 5.41) is 0. The molecule has 0 aromatic carbocycles. The lowest BCUT2D eigenvalue weighted by Gasteiger charge is -1.98. The van der Waals surface area contributed by atoms with E-state index >= 15 is 0 Å². The summed E-state index contributed by atoms with van der Waals surface area (Å²) >= 11 is 0. The molecule has 0 bridgehead atoms. The first-order valence-electron chi connectivity index (χ1n) is 6.49. The molecule has 0 spiro atoms. The van der Waals surface area contributed by atoms with Crippen molar-refractivity contribution in [1.29, 1.82) is 0 Å². The predicted molar refractivity (Wildman–Crippen MR) is 73.7 cm³/mol. The average Bonchev–Trinajstić information content (AvgIpc) is 2.29. The van der Waals surface area contributed by atoms with Crippen molar-refractivity contribution in [3.63, 3.8) is 0 Å². The number of rotatable bonds is 6. The topological polar surface area (TPSA) is 34.1 Å². The van der Waals surface area contributed by atoms with Gasteiger partial charge in [-0.1, -0.05) is 27.7 Å². The van der Waals surface area contributed by atoms with E-state index in [0.29, 0.717) is 24.7 Å². The van der Waals surface area contributed by atoms with Gasteiger partial charge in [-0.05, 0) is 48.4 Å². The Morgan fingerprint density at radius 2 is 1.11 bits per heavy atom. The van der Waals surface area contributed by atoms with E-state index in [1.807, 2.05) is 0 Å². The molecule has 0 aliphatic carbocycles. The molecule has 0 aliphatic rings. The first-order chi connectivity index (χ1) is 8.41. The molecule has 0 unspecified atom stereocenters. The summed E-state index contributed by atoms with van der Waals surface area (Å²) in [7, 11) is 0. The van der Waals surface area contributed by atoms with Crippen LogP contribution in [0.4, 0.5) is 0 Å². The lowest BCUT2D eigenvalue weighted by Crippen LogP contribution is -1.97. The van der Waals surface area contributed by atoms with Gasteiger partial charge in [0.15, 0.2) is 0 Å². The third-order valence-corrected chi connectivity index (χ3v) is 2.36. The zero-order valence-corrected chi connectivity index (χ0v) is 11.8. The van der Waals surface area contributed by atoms with Crippen molar-refractivity contribution in [1.82, 2.24) is 0 Å². The SMILES string of the molecule is CC(C)CCC(=O)C#CC#CC(=O)CCC(C)C. The highest BCUT2D eigenvalue weighted by atomic mass is 16.1. The van der Waals surface area contributed by atoms with Crippen molar-refractivity contribution in [3.8, 4) is 23.7 Å². The second kappa shape index (κ2) is 9.49. The fraction of sp³-hybridized carbons (Fsp3) is 0.625. The molecule has 0 rings (SSSR count). The minimum Gasteiger partial charge on any atom is -0.285 e. The summed E-state index contributed by atoms with van der Waals surface area (Å²) < 4.78 is 0. The maximum Gasteiger partial charge on any atom is 0.206 e. The molecule has 0 heterocycles. The van der Waals surface area contributed by atoms with Gasteiger partial charge in [0.2, 0.25) is 11.6 Å². The van der Waals surface area contributed by atoms with Gasteiger partial charge in [0.05, 0.1) is 0 Å². The number of hydrogen-bond acceptors (Lipinski definition) is 2. The van der Waals surface area contributed by atoms with E-state index in [0.717, 1.165) is 12.8 Å². The van der Waals surface area contributed by atoms with Crippen molar-refractivity contribution >= 4 is 11.6 Å². The van der Waals surface area contributed by atoms with Crippen LogP contribution in [0.15, 0.2) is 0 Å². The largest absolute Gasteiger partial charge is 0.285 e. The Balaban J connectivity index is 4.02. The van der Waals surface area contributed by atoms with Gasteiger partial charge in [-0.3, -0.25) is 9.59 Å². The van der Waals surface area contributed by atoms with E-state index in [4.69, 9.17) is 0 Å². The smallest absolute Gasteiger partial charge is 0.206 e. The molecule has 0 saturated heterocycles. The lowest BCUT2D eigenvalue weighted by molar-refractivity contribution is -0.114. The van der Waals surface area contributed by atoms with Gasteiger partial charge in [-0.25, -0.2) is 0 Å². The standard InChI is InChI=1S/C16H22O2/c1-13(2)9-11-15(17)7-5-6-8-16(18)12-10-14(3)4/h13-14H,9-12H2,1-4H3. The molecular formula is C16H22O2. The van der Waals surface area contributed by atoms with E-state index in [2.05, 4.69) is 51.4 Å². The van der Waals surface area contributed by atoms with Crippen LogP contribution in [-0.2, 0) is 9.59 Å². The molecular weight excluding hydrogens is 224 g/mol. The fourth-order valence-corrected chi connectivity index (χ4v) is 1.17. The second-order valence-corrected chi connectivity index (χ2v) is 5.21. The van der Waals surface area contributed by atoms with Crippen LogP contribution in [0, 0.1) is 35.5 Å². The third-order valence-electron chi connectivity index (χ3n) is 2.36.